The summed E-state index contributed by atoms with van der Waals surface area (Å²) in [4.78, 5) is 23.9. The van der Waals surface area contributed by atoms with Gasteiger partial charge < -0.3 is 4.74 Å². The maximum atomic E-state index is 12.1. The van der Waals surface area contributed by atoms with E-state index in [1.165, 1.54) is 0 Å². The van der Waals surface area contributed by atoms with Crippen LogP contribution in [0.25, 0.3) is 0 Å². The molecule has 0 heterocycles. The average Bonchev–Trinajstić information content (AvgIpc) is 2.61. The lowest BCUT2D eigenvalue weighted by Gasteiger charge is -2.19. The molecule has 0 aromatic heterocycles. The SMILES string of the molecule is Cc1ccc(OCCC(=O)NNC(=O)c2ccc(C(C)(C)C)cc2)cc1. The van der Waals surface area contributed by atoms with Crippen molar-refractivity contribution in [3.05, 3.63) is 65.2 Å². The third-order valence-corrected chi connectivity index (χ3v) is 3.95. The van der Waals surface area contributed by atoms with Crippen molar-refractivity contribution >= 4 is 11.8 Å². The van der Waals surface area contributed by atoms with Gasteiger partial charge in [-0.2, -0.15) is 0 Å². The van der Waals surface area contributed by atoms with Gasteiger partial charge in [0.15, 0.2) is 0 Å². The normalized spacial score (nSPS) is 10.9. The van der Waals surface area contributed by atoms with Crippen LogP contribution in [0.15, 0.2) is 48.5 Å². The standard InChI is InChI=1S/C21H26N2O3/c1-15-5-11-18(12-6-15)26-14-13-19(24)22-23-20(25)16-7-9-17(10-8-16)21(2,3)4/h5-12H,13-14H2,1-4H3,(H,22,24)(H,23,25). The summed E-state index contributed by atoms with van der Waals surface area (Å²) in [6, 6.07) is 15.0. The van der Waals surface area contributed by atoms with Crippen LogP contribution in [0, 0.1) is 6.92 Å². The van der Waals surface area contributed by atoms with Gasteiger partial charge in [-0.05, 0) is 42.2 Å². The van der Waals surface area contributed by atoms with E-state index in [-0.39, 0.29) is 30.3 Å². The molecule has 0 bridgehead atoms. The highest BCUT2D eigenvalue weighted by molar-refractivity contribution is 5.95. The van der Waals surface area contributed by atoms with Crippen LogP contribution in [0.2, 0.25) is 0 Å². The molecule has 0 spiro atoms. The Morgan fingerprint density at radius 2 is 1.54 bits per heavy atom. The van der Waals surface area contributed by atoms with Crippen molar-refractivity contribution in [2.75, 3.05) is 6.61 Å². The van der Waals surface area contributed by atoms with Crippen LogP contribution >= 0.6 is 0 Å². The highest BCUT2D eigenvalue weighted by Gasteiger charge is 2.14. The Labute approximate surface area is 154 Å². The van der Waals surface area contributed by atoms with Crippen molar-refractivity contribution in [3.8, 4) is 5.75 Å². The van der Waals surface area contributed by atoms with Gasteiger partial charge in [0.1, 0.15) is 5.75 Å². The Morgan fingerprint density at radius 1 is 0.923 bits per heavy atom. The molecule has 0 unspecified atom stereocenters. The predicted octanol–water partition coefficient (Wildman–Crippen LogP) is 3.52. The predicted molar refractivity (Wildman–Crippen MR) is 102 cm³/mol. The minimum absolute atomic E-state index is 0.0284. The number of carbonyl (C=O) groups is 2. The Morgan fingerprint density at radius 3 is 2.12 bits per heavy atom. The van der Waals surface area contributed by atoms with Crippen LogP contribution in [0.4, 0.5) is 0 Å². The Hall–Kier alpha value is -2.82. The number of hydrazine groups is 1. The van der Waals surface area contributed by atoms with Crippen molar-refractivity contribution in [2.45, 2.75) is 39.5 Å². The smallest absolute Gasteiger partial charge is 0.269 e. The summed E-state index contributed by atoms with van der Waals surface area (Å²) < 4.78 is 5.49. The summed E-state index contributed by atoms with van der Waals surface area (Å²) in [5.41, 5.74) is 7.64. The van der Waals surface area contributed by atoms with Crippen LogP contribution in [0.1, 0.15) is 48.7 Å². The van der Waals surface area contributed by atoms with Crippen LogP contribution < -0.4 is 15.6 Å². The zero-order valence-corrected chi connectivity index (χ0v) is 15.8. The van der Waals surface area contributed by atoms with Crippen molar-refractivity contribution in [1.29, 1.82) is 0 Å². The van der Waals surface area contributed by atoms with Crippen molar-refractivity contribution < 1.29 is 14.3 Å². The Kier molecular flexibility index (Phi) is 6.39. The number of amides is 2. The zero-order chi connectivity index (χ0) is 19.2. The fourth-order valence-corrected chi connectivity index (χ4v) is 2.28. The molecule has 5 heteroatoms. The highest BCUT2D eigenvalue weighted by Crippen LogP contribution is 2.22. The van der Waals surface area contributed by atoms with E-state index >= 15 is 0 Å². The van der Waals surface area contributed by atoms with Gasteiger partial charge in [0.2, 0.25) is 5.91 Å². The molecule has 2 aromatic rings. The first-order chi connectivity index (χ1) is 12.3. The first kappa shape index (κ1) is 19.5. The van der Waals surface area contributed by atoms with Gasteiger partial charge in [-0.15, -0.1) is 0 Å². The van der Waals surface area contributed by atoms with Gasteiger partial charge in [-0.3, -0.25) is 20.4 Å². The second-order valence-corrected chi connectivity index (χ2v) is 7.24. The van der Waals surface area contributed by atoms with Gasteiger partial charge in [0, 0.05) is 5.56 Å². The molecule has 5 nitrogen and oxygen atoms in total. The van der Waals surface area contributed by atoms with Gasteiger partial charge >= 0.3 is 0 Å². The molecule has 0 saturated heterocycles. The molecule has 0 saturated carbocycles. The Bertz CT molecular complexity index is 744. The third kappa shape index (κ3) is 5.92. The molecule has 2 aromatic carbocycles. The molecule has 138 valence electrons. The summed E-state index contributed by atoms with van der Waals surface area (Å²) in [6.07, 6.45) is 0.150. The number of hydrogen-bond acceptors (Lipinski definition) is 3. The number of aryl methyl sites for hydroxylation is 1. The summed E-state index contributed by atoms with van der Waals surface area (Å²) in [6.45, 7) is 8.57. The minimum atomic E-state index is -0.349. The maximum absolute atomic E-state index is 12.1. The molecular weight excluding hydrogens is 328 g/mol. The van der Waals surface area contributed by atoms with E-state index in [0.29, 0.717) is 11.3 Å². The number of carbonyl (C=O) groups excluding carboxylic acids is 2. The van der Waals surface area contributed by atoms with E-state index < -0.39 is 0 Å². The summed E-state index contributed by atoms with van der Waals surface area (Å²) >= 11 is 0. The lowest BCUT2D eigenvalue weighted by atomic mass is 9.87. The summed E-state index contributed by atoms with van der Waals surface area (Å²) in [5.74, 6) is 0.0569. The molecule has 0 radical (unpaired) electrons. The first-order valence-corrected chi connectivity index (χ1v) is 8.65. The topological polar surface area (TPSA) is 67.4 Å². The zero-order valence-electron chi connectivity index (χ0n) is 15.8. The quantitative estimate of drug-likeness (QED) is 0.807. The fourth-order valence-electron chi connectivity index (χ4n) is 2.28. The Balaban J connectivity index is 1.74. The van der Waals surface area contributed by atoms with Gasteiger partial charge in [0.25, 0.3) is 5.91 Å². The average molecular weight is 354 g/mol. The monoisotopic (exact) mass is 354 g/mol. The van der Waals surface area contributed by atoms with Gasteiger partial charge in [-0.1, -0.05) is 50.6 Å². The second-order valence-electron chi connectivity index (χ2n) is 7.24. The molecule has 0 aliphatic carbocycles. The molecule has 0 aliphatic rings. The van der Waals surface area contributed by atoms with Crippen LogP contribution in [0.5, 0.6) is 5.75 Å². The molecule has 2 amide bonds. The lowest BCUT2D eigenvalue weighted by molar-refractivity contribution is -0.122. The molecule has 0 aliphatic heterocycles. The number of rotatable bonds is 5. The van der Waals surface area contributed by atoms with Crippen molar-refractivity contribution in [1.82, 2.24) is 10.9 Å². The molecule has 0 atom stereocenters. The highest BCUT2D eigenvalue weighted by atomic mass is 16.5. The van der Waals surface area contributed by atoms with E-state index in [2.05, 4.69) is 31.6 Å². The summed E-state index contributed by atoms with van der Waals surface area (Å²) in [5, 5.41) is 0. The van der Waals surface area contributed by atoms with Crippen molar-refractivity contribution in [3.63, 3.8) is 0 Å². The van der Waals surface area contributed by atoms with Gasteiger partial charge in [0.05, 0.1) is 13.0 Å². The minimum Gasteiger partial charge on any atom is -0.493 e. The maximum Gasteiger partial charge on any atom is 0.269 e. The first-order valence-electron chi connectivity index (χ1n) is 8.65. The molecule has 2 rings (SSSR count). The van der Waals surface area contributed by atoms with Crippen LogP contribution in [0.3, 0.4) is 0 Å². The van der Waals surface area contributed by atoms with E-state index in [9.17, 15) is 9.59 Å². The number of hydrogen-bond donors (Lipinski definition) is 2. The second kappa shape index (κ2) is 8.52. The number of benzene rings is 2. The van der Waals surface area contributed by atoms with E-state index in [0.717, 1.165) is 11.1 Å². The van der Waals surface area contributed by atoms with Crippen LogP contribution in [-0.4, -0.2) is 18.4 Å². The lowest BCUT2D eigenvalue weighted by Crippen LogP contribution is -2.42. The van der Waals surface area contributed by atoms with E-state index in [1.807, 2.05) is 43.3 Å². The largest absolute Gasteiger partial charge is 0.493 e. The van der Waals surface area contributed by atoms with E-state index in [4.69, 9.17) is 4.74 Å². The molecule has 2 N–H and O–H groups in total. The van der Waals surface area contributed by atoms with Crippen LogP contribution in [-0.2, 0) is 10.2 Å². The van der Waals surface area contributed by atoms with Gasteiger partial charge in [-0.25, -0.2) is 0 Å². The summed E-state index contributed by atoms with van der Waals surface area (Å²) in [7, 11) is 0. The number of ether oxygens (including phenoxy) is 1. The molecule has 0 fully saturated rings. The molecule has 26 heavy (non-hydrogen) atoms. The third-order valence-electron chi connectivity index (χ3n) is 3.95. The fraction of sp³-hybridized carbons (Fsp3) is 0.333. The van der Waals surface area contributed by atoms with Crippen molar-refractivity contribution in [2.24, 2.45) is 0 Å². The number of nitrogens with one attached hydrogen (secondary N) is 2. The van der Waals surface area contributed by atoms with E-state index in [1.54, 1.807) is 12.1 Å². The molecular formula is C21H26N2O3.